The highest BCUT2D eigenvalue weighted by molar-refractivity contribution is 5.80. The lowest BCUT2D eigenvalue weighted by Crippen LogP contribution is -2.40. The fraction of sp³-hybridized carbons (Fsp3) is 0.438. The van der Waals surface area contributed by atoms with Crippen LogP contribution >= 0.6 is 0 Å². The van der Waals surface area contributed by atoms with Crippen molar-refractivity contribution in [2.45, 2.75) is 19.1 Å². The van der Waals surface area contributed by atoms with E-state index in [9.17, 15) is 13.6 Å². The number of carbonyl (C=O) groups excluding carboxylic acids is 1. The van der Waals surface area contributed by atoms with Gasteiger partial charge in [0.15, 0.2) is 0 Å². The van der Waals surface area contributed by atoms with Crippen LogP contribution in [0.3, 0.4) is 0 Å². The van der Waals surface area contributed by atoms with Gasteiger partial charge in [0.05, 0.1) is 12.6 Å². The van der Waals surface area contributed by atoms with E-state index in [2.05, 4.69) is 11.9 Å². The van der Waals surface area contributed by atoms with Crippen LogP contribution in [0.4, 0.5) is 8.78 Å². The standard InChI is InChI=1S/C16H22F2N2O2/c1-5-9-22-11(2)16(21)19-10-14(20(3)4)15-12(17)7-6-8-13(15)18/h5-8,11,14H,1,9-10H2,2-4H3,(H,19,21)/t11-,14-/m0/s1. The second kappa shape index (κ2) is 8.60. The van der Waals surface area contributed by atoms with E-state index in [1.54, 1.807) is 32.0 Å². The number of hydrogen-bond donors (Lipinski definition) is 1. The van der Waals surface area contributed by atoms with Gasteiger partial charge in [0.2, 0.25) is 5.91 Å². The van der Waals surface area contributed by atoms with Gasteiger partial charge in [-0.1, -0.05) is 12.1 Å². The zero-order valence-electron chi connectivity index (χ0n) is 13.1. The summed E-state index contributed by atoms with van der Waals surface area (Å²) < 4.78 is 33.0. The number of likely N-dealkylation sites (N-methyl/N-ethyl adjacent to an activating group) is 1. The van der Waals surface area contributed by atoms with Gasteiger partial charge in [0.1, 0.15) is 17.7 Å². The summed E-state index contributed by atoms with van der Waals surface area (Å²) in [6.45, 7) is 5.44. The molecule has 1 aromatic rings. The molecule has 1 rings (SSSR count). The third-order valence-electron chi connectivity index (χ3n) is 3.26. The molecule has 0 fully saturated rings. The molecule has 1 aromatic carbocycles. The van der Waals surface area contributed by atoms with E-state index in [0.29, 0.717) is 0 Å². The monoisotopic (exact) mass is 312 g/mol. The minimum Gasteiger partial charge on any atom is -0.365 e. The van der Waals surface area contributed by atoms with Crippen molar-refractivity contribution in [3.8, 4) is 0 Å². The van der Waals surface area contributed by atoms with Gasteiger partial charge in [-0.3, -0.25) is 4.79 Å². The van der Waals surface area contributed by atoms with Crippen molar-refractivity contribution < 1.29 is 18.3 Å². The first-order chi connectivity index (χ1) is 10.4. The molecule has 22 heavy (non-hydrogen) atoms. The molecule has 0 saturated carbocycles. The highest BCUT2D eigenvalue weighted by Gasteiger charge is 2.23. The second-order valence-electron chi connectivity index (χ2n) is 5.12. The highest BCUT2D eigenvalue weighted by atomic mass is 19.1. The van der Waals surface area contributed by atoms with E-state index in [-0.39, 0.29) is 24.6 Å². The fourth-order valence-corrected chi connectivity index (χ4v) is 2.00. The summed E-state index contributed by atoms with van der Waals surface area (Å²) in [6.07, 6.45) is 0.882. The second-order valence-corrected chi connectivity index (χ2v) is 5.12. The normalized spacial score (nSPS) is 13.7. The molecular formula is C16H22F2N2O2. The Balaban J connectivity index is 2.78. The molecule has 0 heterocycles. The van der Waals surface area contributed by atoms with Crippen LogP contribution in [0.1, 0.15) is 18.5 Å². The Bertz CT molecular complexity index is 501. The van der Waals surface area contributed by atoms with Crippen LogP contribution < -0.4 is 5.32 Å². The van der Waals surface area contributed by atoms with E-state index < -0.39 is 23.8 Å². The molecule has 0 aliphatic rings. The molecule has 122 valence electrons. The fourth-order valence-electron chi connectivity index (χ4n) is 2.00. The van der Waals surface area contributed by atoms with E-state index in [0.717, 1.165) is 0 Å². The van der Waals surface area contributed by atoms with Crippen LogP contribution in [0.25, 0.3) is 0 Å². The van der Waals surface area contributed by atoms with Crippen LogP contribution in [0.5, 0.6) is 0 Å². The molecule has 6 heteroatoms. The number of nitrogens with one attached hydrogen (secondary N) is 1. The SMILES string of the molecule is C=CCO[C@@H](C)C(=O)NC[C@@H](c1c(F)cccc1F)N(C)C. The summed E-state index contributed by atoms with van der Waals surface area (Å²) in [5.41, 5.74) is -0.0625. The predicted molar refractivity (Wildman–Crippen MR) is 81.4 cm³/mol. The van der Waals surface area contributed by atoms with Crippen molar-refractivity contribution in [1.82, 2.24) is 10.2 Å². The average molecular weight is 312 g/mol. The van der Waals surface area contributed by atoms with Gasteiger partial charge in [0.25, 0.3) is 0 Å². The third kappa shape index (κ3) is 4.89. The van der Waals surface area contributed by atoms with Crippen LogP contribution in [0, 0.1) is 11.6 Å². The minimum absolute atomic E-state index is 0.0625. The number of hydrogen-bond acceptors (Lipinski definition) is 3. The van der Waals surface area contributed by atoms with Crippen molar-refractivity contribution in [3.05, 3.63) is 48.1 Å². The first-order valence-corrected chi connectivity index (χ1v) is 6.99. The number of amides is 1. The zero-order chi connectivity index (χ0) is 16.7. The topological polar surface area (TPSA) is 41.6 Å². The maximum atomic E-state index is 13.9. The molecule has 0 aliphatic carbocycles. The lowest BCUT2D eigenvalue weighted by atomic mass is 10.0. The van der Waals surface area contributed by atoms with Gasteiger partial charge < -0.3 is 15.0 Å². The van der Waals surface area contributed by atoms with Crippen molar-refractivity contribution in [1.29, 1.82) is 0 Å². The Hall–Kier alpha value is -1.79. The molecule has 0 aliphatic heterocycles. The summed E-state index contributed by atoms with van der Waals surface area (Å²) in [5, 5.41) is 2.65. The Kier molecular flexibility index (Phi) is 7.14. The number of benzene rings is 1. The average Bonchev–Trinajstić information content (AvgIpc) is 2.46. The number of ether oxygens (including phenoxy) is 1. The molecular weight excluding hydrogens is 290 g/mol. The van der Waals surface area contributed by atoms with Crippen molar-refractivity contribution in [3.63, 3.8) is 0 Å². The number of halogens is 2. The molecule has 0 bridgehead atoms. The van der Waals surface area contributed by atoms with Gasteiger partial charge in [0, 0.05) is 12.1 Å². The van der Waals surface area contributed by atoms with Crippen molar-refractivity contribution in [2.75, 3.05) is 27.2 Å². The van der Waals surface area contributed by atoms with Gasteiger partial charge in [-0.2, -0.15) is 0 Å². The first-order valence-electron chi connectivity index (χ1n) is 6.99. The van der Waals surface area contributed by atoms with Gasteiger partial charge in [-0.15, -0.1) is 6.58 Å². The number of nitrogens with zero attached hydrogens (tertiary/aromatic N) is 1. The molecule has 0 unspecified atom stereocenters. The maximum absolute atomic E-state index is 13.9. The van der Waals surface area contributed by atoms with Crippen LogP contribution in [0.2, 0.25) is 0 Å². The summed E-state index contributed by atoms with van der Waals surface area (Å²) in [7, 11) is 3.39. The molecule has 0 saturated heterocycles. The lowest BCUT2D eigenvalue weighted by molar-refractivity contribution is -0.131. The largest absolute Gasteiger partial charge is 0.365 e. The zero-order valence-corrected chi connectivity index (χ0v) is 13.1. The van der Waals surface area contributed by atoms with Crippen LogP contribution in [-0.4, -0.2) is 44.2 Å². The van der Waals surface area contributed by atoms with E-state index in [1.807, 2.05) is 0 Å². The Labute approximate surface area is 129 Å². The van der Waals surface area contributed by atoms with E-state index >= 15 is 0 Å². The molecule has 0 radical (unpaired) electrons. The Morgan fingerprint density at radius 2 is 2.00 bits per heavy atom. The molecule has 2 atom stereocenters. The number of carbonyl (C=O) groups is 1. The molecule has 4 nitrogen and oxygen atoms in total. The van der Waals surface area contributed by atoms with E-state index in [4.69, 9.17) is 4.74 Å². The van der Waals surface area contributed by atoms with Crippen molar-refractivity contribution >= 4 is 5.91 Å². The smallest absolute Gasteiger partial charge is 0.248 e. The van der Waals surface area contributed by atoms with Gasteiger partial charge >= 0.3 is 0 Å². The number of rotatable bonds is 8. The molecule has 0 aromatic heterocycles. The molecule has 1 amide bonds. The lowest BCUT2D eigenvalue weighted by Gasteiger charge is -2.26. The quantitative estimate of drug-likeness (QED) is 0.749. The molecule has 0 spiro atoms. The first kappa shape index (κ1) is 18.3. The summed E-state index contributed by atoms with van der Waals surface area (Å²) in [6, 6.07) is 3.10. The maximum Gasteiger partial charge on any atom is 0.248 e. The van der Waals surface area contributed by atoms with Gasteiger partial charge in [-0.25, -0.2) is 8.78 Å². The van der Waals surface area contributed by atoms with Crippen LogP contribution in [-0.2, 0) is 9.53 Å². The molecule has 1 N–H and O–H groups in total. The van der Waals surface area contributed by atoms with Crippen LogP contribution in [0.15, 0.2) is 30.9 Å². The highest BCUT2D eigenvalue weighted by Crippen LogP contribution is 2.23. The Morgan fingerprint density at radius 1 is 1.41 bits per heavy atom. The third-order valence-corrected chi connectivity index (χ3v) is 3.26. The summed E-state index contributed by atoms with van der Waals surface area (Å²) >= 11 is 0. The minimum atomic E-state index is -0.661. The Morgan fingerprint density at radius 3 is 2.50 bits per heavy atom. The summed E-state index contributed by atoms with van der Waals surface area (Å²) in [5.74, 6) is -1.61. The van der Waals surface area contributed by atoms with E-state index in [1.165, 1.54) is 18.2 Å². The van der Waals surface area contributed by atoms with Gasteiger partial charge in [-0.05, 0) is 33.2 Å². The van der Waals surface area contributed by atoms with Crippen molar-refractivity contribution in [2.24, 2.45) is 0 Å². The predicted octanol–water partition coefficient (Wildman–Crippen LogP) is 2.27. The summed E-state index contributed by atoms with van der Waals surface area (Å²) in [4.78, 5) is 13.6.